The van der Waals surface area contributed by atoms with E-state index in [4.69, 9.17) is 9.47 Å². The summed E-state index contributed by atoms with van der Waals surface area (Å²) in [4.78, 5) is 27.3. The SMILES string of the molecule is CCOc1cc(Br)c(/C=C2/SC(=O)N(Cc3cccc4ccccc34)C2=O)cc1OC. The van der Waals surface area contributed by atoms with Gasteiger partial charge in [0.05, 0.1) is 25.2 Å². The highest BCUT2D eigenvalue weighted by Gasteiger charge is 2.35. The fourth-order valence-corrected chi connectivity index (χ4v) is 4.73. The fraction of sp³-hybridized carbons (Fsp3) is 0.167. The number of hydrogen-bond acceptors (Lipinski definition) is 5. The van der Waals surface area contributed by atoms with Crippen LogP contribution in [0.2, 0.25) is 0 Å². The van der Waals surface area contributed by atoms with Crippen LogP contribution in [-0.2, 0) is 11.3 Å². The van der Waals surface area contributed by atoms with Gasteiger partial charge in [-0.1, -0.05) is 58.4 Å². The Kier molecular flexibility index (Phi) is 6.34. The minimum Gasteiger partial charge on any atom is -0.493 e. The van der Waals surface area contributed by atoms with E-state index in [2.05, 4.69) is 15.9 Å². The maximum absolute atomic E-state index is 13.0. The highest BCUT2D eigenvalue weighted by Crippen LogP contribution is 2.38. The number of rotatable bonds is 6. The van der Waals surface area contributed by atoms with Crippen LogP contribution in [-0.4, -0.2) is 29.8 Å². The predicted octanol–water partition coefficient (Wildman–Crippen LogP) is 6.25. The summed E-state index contributed by atoms with van der Waals surface area (Å²) < 4.78 is 11.7. The third-order valence-corrected chi connectivity index (χ3v) is 6.55. The minimum atomic E-state index is -0.303. The predicted molar refractivity (Wildman–Crippen MR) is 127 cm³/mol. The zero-order valence-corrected chi connectivity index (χ0v) is 19.5. The van der Waals surface area contributed by atoms with E-state index < -0.39 is 0 Å². The molecule has 3 aromatic rings. The maximum atomic E-state index is 13.0. The number of halogens is 1. The van der Waals surface area contributed by atoms with Crippen molar-refractivity contribution in [2.75, 3.05) is 13.7 Å². The molecule has 0 radical (unpaired) electrons. The van der Waals surface area contributed by atoms with Crippen molar-refractivity contribution in [1.29, 1.82) is 0 Å². The molecule has 1 fully saturated rings. The van der Waals surface area contributed by atoms with E-state index in [0.717, 1.165) is 38.1 Å². The summed E-state index contributed by atoms with van der Waals surface area (Å²) in [6.45, 7) is 2.64. The number of carbonyl (C=O) groups excluding carboxylic acids is 2. The van der Waals surface area contributed by atoms with Crippen LogP contribution in [0, 0.1) is 0 Å². The quantitative estimate of drug-likeness (QED) is 0.377. The fourth-order valence-electron chi connectivity index (χ4n) is 3.47. The van der Waals surface area contributed by atoms with Gasteiger partial charge >= 0.3 is 0 Å². The minimum absolute atomic E-state index is 0.233. The van der Waals surface area contributed by atoms with Gasteiger partial charge in [0.15, 0.2) is 11.5 Å². The van der Waals surface area contributed by atoms with Crippen molar-refractivity contribution in [3.63, 3.8) is 0 Å². The number of ether oxygens (including phenoxy) is 2. The highest BCUT2D eigenvalue weighted by molar-refractivity contribution is 9.10. The van der Waals surface area contributed by atoms with E-state index in [9.17, 15) is 9.59 Å². The number of amides is 2. The Morgan fingerprint density at radius 1 is 1.06 bits per heavy atom. The zero-order chi connectivity index (χ0) is 22.0. The molecule has 31 heavy (non-hydrogen) atoms. The molecule has 1 aliphatic rings. The Morgan fingerprint density at radius 3 is 2.61 bits per heavy atom. The van der Waals surface area contributed by atoms with Gasteiger partial charge in [-0.05, 0) is 58.8 Å². The molecule has 0 spiro atoms. The van der Waals surface area contributed by atoms with Crippen LogP contribution in [0.3, 0.4) is 0 Å². The lowest BCUT2D eigenvalue weighted by molar-refractivity contribution is -0.123. The molecular weight excluding hydrogens is 478 g/mol. The normalized spacial score (nSPS) is 15.2. The number of fused-ring (bicyclic) bond motifs is 1. The van der Waals surface area contributed by atoms with Gasteiger partial charge in [-0.3, -0.25) is 14.5 Å². The van der Waals surface area contributed by atoms with E-state index in [1.54, 1.807) is 25.3 Å². The topological polar surface area (TPSA) is 55.8 Å². The van der Waals surface area contributed by atoms with Gasteiger partial charge in [0.2, 0.25) is 0 Å². The average molecular weight is 498 g/mol. The third kappa shape index (κ3) is 4.34. The molecule has 1 heterocycles. The van der Waals surface area contributed by atoms with E-state index >= 15 is 0 Å². The number of carbonyl (C=O) groups is 2. The van der Waals surface area contributed by atoms with Gasteiger partial charge in [-0.25, -0.2) is 0 Å². The van der Waals surface area contributed by atoms with Crippen molar-refractivity contribution < 1.29 is 19.1 Å². The van der Waals surface area contributed by atoms with Crippen molar-refractivity contribution in [3.8, 4) is 11.5 Å². The Labute approximate surface area is 193 Å². The molecule has 0 saturated carbocycles. The molecule has 0 aliphatic carbocycles. The van der Waals surface area contributed by atoms with Crippen LogP contribution < -0.4 is 9.47 Å². The summed E-state index contributed by atoms with van der Waals surface area (Å²) in [6, 6.07) is 17.4. The Morgan fingerprint density at radius 2 is 1.84 bits per heavy atom. The molecule has 1 saturated heterocycles. The van der Waals surface area contributed by atoms with Gasteiger partial charge in [0, 0.05) is 4.47 Å². The summed E-state index contributed by atoms with van der Waals surface area (Å²) >= 11 is 4.46. The number of methoxy groups -OCH3 is 1. The number of benzene rings is 3. The number of imide groups is 1. The van der Waals surface area contributed by atoms with Crippen LogP contribution in [0.5, 0.6) is 11.5 Å². The Balaban J connectivity index is 1.63. The highest BCUT2D eigenvalue weighted by atomic mass is 79.9. The number of nitrogens with zero attached hydrogens (tertiary/aromatic N) is 1. The summed E-state index contributed by atoms with van der Waals surface area (Å²) in [6.07, 6.45) is 1.70. The molecule has 0 N–H and O–H groups in total. The molecule has 5 nitrogen and oxygen atoms in total. The number of hydrogen-bond donors (Lipinski definition) is 0. The molecule has 4 rings (SSSR count). The molecule has 1 aliphatic heterocycles. The van der Waals surface area contributed by atoms with Crippen molar-refractivity contribution in [2.45, 2.75) is 13.5 Å². The first-order chi connectivity index (χ1) is 15.0. The van der Waals surface area contributed by atoms with E-state index in [1.165, 1.54) is 4.90 Å². The van der Waals surface area contributed by atoms with E-state index in [0.29, 0.717) is 23.0 Å². The third-order valence-electron chi connectivity index (χ3n) is 4.95. The first-order valence-electron chi connectivity index (χ1n) is 9.74. The van der Waals surface area contributed by atoms with Crippen LogP contribution in [0.1, 0.15) is 18.1 Å². The molecule has 0 bridgehead atoms. The van der Waals surface area contributed by atoms with E-state index in [1.807, 2.05) is 49.4 Å². The number of thioether (sulfide) groups is 1. The van der Waals surface area contributed by atoms with E-state index in [-0.39, 0.29) is 17.7 Å². The average Bonchev–Trinajstić information content (AvgIpc) is 3.03. The molecular formula is C24H20BrNO4S. The second-order valence-corrected chi connectivity index (χ2v) is 8.71. The van der Waals surface area contributed by atoms with Gasteiger partial charge < -0.3 is 9.47 Å². The lowest BCUT2D eigenvalue weighted by Crippen LogP contribution is -2.27. The van der Waals surface area contributed by atoms with Crippen molar-refractivity contribution in [2.24, 2.45) is 0 Å². The molecule has 0 atom stereocenters. The zero-order valence-electron chi connectivity index (χ0n) is 17.1. The smallest absolute Gasteiger partial charge is 0.293 e. The molecule has 7 heteroatoms. The lowest BCUT2D eigenvalue weighted by Gasteiger charge is -2.14. The van der Waals surface area contributed by atoms with Gasteiger partial charge in [0.1, 0.15) is 0 Å². The summed E-state index contributed by atoms with van der Waals surface area (Å²) in [5, 5.41) is 1.83. The summed E-state index contributed by atoms with van der Waals surface area (Å²) in [7, 11) is 1.56. The molecule has 0 aromatic heterocycles. The standard InChI is InChI=1S/C24H20BrNO4S/c1-3-30-21-13-19(25)17(11-20(21)29-2)12-22-23(27)26(24(28)31-22)14-16-9-6-8-15-7-4-5-10-18(15)16/h4-13H,3,14H2,1-2H3/b22-12+. The van der Waals surface area contributed by atoms with Crippen LogP contribution in [0.4, 0.5) is 4.79 Å². The first kappa shape index (κ1) is 21.5. The van der Waals surface area contributed by atoms with Crippen LogP contribution in [0.15, 0.2) is 64.0 Å². The van der Waals surface area contributed by atoms with Crippen LogP contribution in [0.25, 0.3) is 16.8 Å². The van der Waals surface area contributed by atoms with Gasteiger partial charge in [-0.15, -0.1) is 0 Å². The molecule has 2 amide bonds. The van der Waals surface area contributed by atoms with Crippen molar-refractivity contribution >= 4 is 55.7 Å². The Bertz CT molecular complexity index is 1200. The first-order valence-corrected chi connectivity index (χ1v) is 11.3. The maximum Gasteiger partial charge on any atom is 0.293 e. The second kappa shape index (κ2) is 9.16. The van der Waals surface area contributed by atoms with Crippen molar-refractivity contribution in [1.82, 2.24) is 4.90 Å². The summed E-state index contributed by atoms with van der Waals surface area (Å²) in [5.41, 5.74) is 1.67. The molecule has 3 aromatic carbocycles. The van der Waals surface area contributed by atoms with Gasteiger partial charge in [-0.2, -0.15) is 0 Å². The monoisotopic (exact) mass is 497 g/mol. The molecule has 0 unspecified atom stereocenters. The summed E-state index contributed by atoms with van der Waals surface area (Å²) in [5.74, 6) is 0.868. The molecule has 158 valence electrons. The second-order valence-electron chi connectivity index (χ2n) is 6.86. The largest absolute Gasteiger partial charge is 0.493 e. The lowest BCUT2D eigenvalue weighted by atomic mass is 10.0. The Hall–Kier alpha value is -2.77. The van der Waals surface area contributed by atoms with Crippen LogP contribution >= 0.6 is 27.7 Å². The van der Waals surface area contributed by atoms with Gasteiger partial charge in [0.25, 0.3) is 11.1 Å². The van der Waals surface area contributed by atoms with Crippen molar-refractivity contribution in [3.05, 3.63) is 75.1 Å².